The van der Waals surface area contributed by atoms with Crippen LogP contribution in [0.1, 0.15) is 11.1 Å². The van der Waals surface area contributed by atoms with Gasteiger partial charge in [-0.1, -0.05) is 6.07 Å². The van der Waals surface area contributed by atoms with Gasteiger partial charge in [0.1, 0.15) is 0 Å². The SMILES string of the molecule is N#Cc1ccc2cc(CCN)cnc2c1. The van der Waals surface area contributed by atoms with E-state index >= 15 is 0 Å². The molecule has 0 saturated carbocycles. The third-order valence-electron chi connectivity index (χ3n) is 2.30. The summed E-state index contributed by atoms with van der Waals surface area (Å²) in [6.45, 7) is 0.628. The lowest BCUT2D eigenvalue weighted by atomic mass is 10.1. The molecule has 0 radical (unpaired) electrons. The summed E-state index contributed by atoms with van der Waals surface area (Å²) in [5.41, 5.74) is 8.11. The highest BCUT2D eigenvalue weighted by Gasteiger charge is 1.98. The van der Waals surface area contributed by atoms with E-state index in [0.29, 0.717) is 12.1 Å². The van der Waals surface area contributed by atoms with E-state index < -0.39 is 0 Å². The lowest BCUT2D eigenvalue weighted by Crippen LogP contribution is -2.02. The number of aromatic nitrogens is 1. The Bertz CT molecular complexity index is 526. The Balaban J connectivity index is 2.51. The predicted molar refractivity (Wildman–Crippen MR) is 59.2 cm³/mol. The van der Waals surface area contributed by atoms with Gasteiger partial charge in [-0.2, -0.15) is 5.26 Å². The highest BCUT2D eigenvalue weighted by molar-refractivity contribution is 5.80. The highest BCUT2D eigenvalue weighted by Crippen LogP contribution is 2.15. The van der Waals surface area contributed by atoms with Crippen molar-refractivity contribution in [2.75, 3.05) is 6.54 Å². The Morgan fingerprint density at radius 3 is 2.93 bits per heavy atom. The van der Waals surface area contributed by atoms with Crippen molar-refractivity contribution in [3.8, 4) is 6.07 Å². The maximum atomic E-state index is 8.74. The van der Waals surface area contributed by atoms with E-state index in [2.05, 4.69) is 17.1 Å². The van der Waals surface area contributed by atoms with Crippen molar-refractivity contribution < 1.29 is 0 Å². The van der Waals surface area contributed by atoms with Gasteiger partial charge in [-0.15, -0.1) is 0 Å². The maximum Gasteiger partial charge on any atom is 0.0992 e. The fourth-order valence-corrected chi connectivity index (χ4v) is 1.54. The number of benzene rings is 1. The summed E-state index contributed by atoms with van der Waals surface area (Å²) in [6, 6.07) is 9.68. The summed E-state index contributed by atoms with van der Waals surface area (Å²) in [5.74, 6) is 0. The van der Waals surface area contributed by atoms with E-state index in [1.54, 1.807) is 12.1 Å². The number of nitriles is 1. The molecular weight excluding hydrogens is 186 g/mol. The van der Waals surface area contributed by atoms with E-state index in [0.717, 1.165) is 22.9 Å². The molecule has 2 N–H and O–H groups in total. The zero-order valence-corrected chi connectivity index (χ0v) is 8.27. The van der Waals surface area contributed by atoms with Gasteiger partial charge >= 0.3 is 0 Å². The topological polar surface area (TPSA) is 62.7 Å². The summed E-state index contributed by atoms with van der Waals surface area (Å²) in [7, 11) is 0. The molecule has 0 unspecified atom stereocenters. The third-order valence-corrected chi connectivity index (χ3v) is 2.30. The maximum absolute atomic E-state index is 8.74. The molecule has 0 atom stereocenters. The smallest absolute Gasteiger partial charge is 0.0992 e. The first kappa shape index (κ1) is 9.63. The molecule has 0 bridgehead atoms. The Hall–Kier alpha value is -1.92. The minimum atomic E-state index is 0.628. The minimum absolute atomic E-state index is 0.628. The van der Waals surface area contributed by atoms with Crippen LogP contribution in [-0.2, 0) is 6.42 Å². The number of pyridine rings is 1. The standard InChI is InChI=1S/C12H11N3/c13-4-3-10-5-11-2-1-9(7-14)6-12(11)15-8-10/h1-2,5-6,8H,3-4,13H2. The van der Waals surface area contributed by atoms with Crippen molar-refractivity contribution in [3.05, 3.63) is 41.6 Å². The number of rotatable bonds is 2. The molecule has 2 rings (SSSR count). The second-order valence-electron chi connectivity index (χ2n) is 3.40. The average molecular weight is 197 g/mol. The van der Waals surface area contributed by atoms with Crippen LogP contribution in [0.15, 0.2) is 30.5 Å². The normalized spacial score (nSPS) is 10.1. The van der Waals surface area contributed by atoms with Crippen LogP contribution in [0.3, 0.4) is 0 Å². The first-order valence-electron chi connectivity index (χ1n) is 4.82. The molecule has 0 spiro atoms. The third kappa shape index (κ3) is 1.95. The average Bonchev–Trinajstić information content (AvgIpc) is 2.29. The van der Waals surface area contributed by atoms with Gasteiger partial charge in [-0.3, -0.25) is 4.98 Å². The molecule has 0 fully saturated rings. The Labute approximate surface area is 88.2 Å². The Kier molecular flexibility index (Phi) is 2.61. The van der Waals surface area contributed by atoms with Gasteiger partial charge in [0.05, 0.1) is 17.1 Å². The van der Waals surface area contributed by atoms with Crippen LogP contribution in [0.5, 0.6) is 0 Å². The Morgan fingerprint density at radius 1 is 1.33 bits per heavy atom. The quantitative estimate of drug-likeness (QED) is 0.795. The first-order valence-corrected chi connectivity index (χ1v) is 4.82. The molecule has 0 saturated heterocycles. The highest BCUT2D eigenvalue weighted by atomic mass is 14.7. The molecule has 74 valence electrons. The van der Waals surface area contributed by atoms with Crippen molar-refractivity contribution in [1.29, 1.82) is 5.26 Å². The molecule has 0 aliphatic carbocycles. The second kappa shape index (κ2) is 4.07. The van der Waals surface area contributed by atoms with Crippen molar-refractivity contribution in [3.63, 3.8) is 0 Å². The van der Waals surface area contributed by atoms with E-state index in [1.807, 2.05) is 12.3 Å². The van der Waals surface area contributed by atoms with E-state index in [4.69, 9.17) is 11.0 Å². The van der Waals surface area contributed by atoms with E-state index in [9.17, 15) is 0 Å². The number of hydrogen-bond donors (Lipinski definition) is 1. The molecular formula is C12H11N3. The van der Waals surface area contributed by atoms with Crippen molar-refractivity contribution >= 4 is 10.9 Å². The molecule has 0 aliphatic heterocycles. The molecule has 3 heteroatoms. The summed E-state index contributed by atoms with van der Waals surface area (Å²) in [5, 5.41) is 9.80. The molecule has 0 amide bonds. The number of fused-ring (bicyclic) bond motifs is 1. The number of nitrogens with two attached hydrogens (primary N) is 1. The number of nitrogens with zero attached hydrogens (tertiary/aromatic N) is 2. The lowest BCUT2D eigenvalue weighted by Gasteiger charge is -2.01. The fourth-order valence-electron chi connectivity index (χ4n) is 1.54. The van der Waals surface area contributed by atoms with Crippen LogP contribution in [0.4, 0.5) is 0 Å². The van der Waals surface area contributed by atoms with Crippen LogP contribution in [0.2, 0.25) is 0 Å². The van der Waals surface area contributed by atoms with Gasteiger partial charge in [-0.05, 0) is 36.7 Å². The van der Waals surface area contributed by atoms with E-state index in [-0.39, 0.29) is 0 Å². The molecule has 0 aliphatic rings. The molecule has 2 aromatic rings. The monoisotopic (exact) mass is 197 g/mol. The largest absolute Gasteiger partial charge is 0.330 e. The van der Waals surface area contributed by atoms with Crippen molar-refractivity contribution in [2.45, 2.75) is 6.42 Å². The minimum Gasteiger partial charge on any atom is -0.330 e. The second-order valence-corrected chi connectivity index (χ2v) is 3.40. The molecule has 1 aromatic carbocycles. The van der Waals surface area contributed by atoms with Crippen molar-refractivity contribution in [2.24, 2.45) is 5.73 Å². The van der Waals surface area contributed by atoms with Gasteiger partial charge in [0, 0.05) is 11.6 Å². The van der Waals surface area contributed by atoms with E-state index in [1.165, 1.54) is 0 Å². The molecule has 15 heavy (non-hydrogen) atoms. The van der Waals surface area contributed by atoms with Gasteiger partial charge in [0.25, 0.3) is 0 Å². The van der Waals surface area contributed by atoms with Crippen LogP contribution in [0, 0.1) is 11.3 Å². The molecule has 3 nitrogen and oxygen atoms in total. The summed E-state index contributed by atoms with van der Waals surface area (Å²) in [6.07, 6.45) is 2.65. The van der Waals surface area contributed by atoms with Gasteiger partial charge in [-0.25, -0.2) is 0 Å². The van der Waals surface area contributed by atoms with Crippen LogP contribution < -0.4 is 5.73 Å². The zero-order chi connectivity index (χ0) is 10.7. The Morgan fingerprint density at radius 2 is 2.20 bits per heavy atom. The van der Waals surface area contributed by atoms with Crippen molar-refractivity contribution in [1.82, 2.24) is 4.98 Å². The summed E-state index contributed by atoms with van der Waals surface area (Å²) in [4.78, 5) is 4.30. The van der Waals surface area contributed by atoms with Crippen LogP contribution in [-0.4, -0.2) is 11.5 Å². The van der Waals surface area contributed by atoms with Gasteiger partial charge in [0.2, 0.25) is 0 Å². The molecule has 1 heterocycles. The predicted octanol–water partition coefficient (Wildman–Crippen LogP) is 1.61. The van der Waals surface area contributed by atoms with Gasteiger partial charge in [0.15, 0.2) is 0 Å². The van der Waals surface area contributed by atoms with Crippen LogP contribution >= 0.6 is 0 Å². The lowest BCUT2D eigenvalue weighted by molar-refractivity contribution is 0.963. The summed E-state index contributed by atoms with van der Waals surface area (Å²) >= 11 is 0. The fraction of sp³-hybridized carbons (Fsp3) is 0.167. The zero-order valence-electron chi connectivity index (χ0n) is 8.27. The first-order chi connectivity index (χ1) is 7.33. The summed E-state index contributed by atoms with van der Waals surface area (Å²) < 4.78 is 0. The van der Waals surface area contributed by atoms with Crippen LogP contribution in [0.25, 0.3) is 10.9 Å². The number of hydrogen-bond acceptors (Lipinski definition) is 3. The molecule has 1 aromatic heterocycles. The van der Waals surface area contributed by atoms with Gasteiger partial charge < -0.3 is 5.73 Å².